The van der Waals surface area contributed by atoms with E-state index < -0.39 is 62.1 Å². The predicted molar refractivity (Wildman–Crippen MR) is 238 cm³/mol. The fraction of sp³-hybridized carbons (Fsp3) is 0.636. The summed E-state index contributed by atoms with van der Waals surface area (Å²) in [6, 6.07) is 0. The summed E-state index contributed by atoms with van der Waals surface area (Å²) < 4.78 is 131. The monoisotopic (exact) mass is 964 g/mol. The molecule has 0 radical (unpaired) electrons. The topological polar surface area (TPSA) is 229 Å². The van der Waals surface area contributed by atoms with Gasteiger partial charge in [-0.3, -0.25) is 0 Å². The quantitative estimate of drug-likeness (QED) is 0.164. The van der Waals surface area contributed by atoms with E-state index in [2.05, 4.69) is 0 Å². The molecule has 17 heteroatoms. The van der Waals surface area contributed by atoms with E-state index in [-0.39, 0.29) is 44.7 Å². The molecular weight excluding hydrogens is 897 g/mol. The van der Waals surface area contributed by atoms with Crippen molar-refractivity contribution >= 4 is 40.5 Å². The summed E-state index contributed by atoms with van der Waals surface area (Å²) in [5, 5.41) is 0. The fourth-order valence-corrected chi connectivity index (χ4v) is 13.5. The summed E-state index contributed by atoms with van der Waals surface area (Å²) in [6.45, 7) is 38.3. The Labute approximate surface area is 383 Å². The molecule has 0 spiro atoms. The smallest absolute Gasteiger partial charge is 0.748 e. The van der Waals surface area contributed by atoms with Gasteiger partial charge in [-0.1, -0.05) is 72.3 Å². The van der Waals surface area contributed by atoms with E-state index >= 15 is 0 Å². The molecule has 0 saturated carbocycles. The van der Waals surface area contributed by atoms with Crippen molar-refractivity contribution in [1.29, 1.82) is 0 Å². The standard InChI is InChI=1S/4C11H18O3S.Ti/c4*1-7-8(2)10(4)11(5,9(7)3)6-15(12,13)14;/h4*6H2,1-5H3,(H,12,13,14);/q;;;;+4/p-4. The molecule has 12 nitrogen and oxygen atoms in total. The number of hydrogen-bond donors (Lipinski definition) is 0. The second-order valence-electron chi connectivity index (χ2n) is 18.1. The zero-order valence-corrected chi connectivity index (χ0v) is 44.7. The second kappa shape index (κ2) is 19.8. The minimum atomic E-state index is -4.20. The molecule has 0 unspecified atom stereocenters. The second-order valence-corrected chi connectivity index (χ2v) is 23.8. The summed E-state index contributed by atoms with van der Waals surface area (Å²) in [6.07, 6.45) is 0. The summed E-state index contributed by atoms with van der Waals surface area (Å²) in [4.78, 5) is 0. The molecule has 0 fully saturated rings. The maximum Gasteiger partial charge on any atom is 4.00 e. The van der Waals surface area contributed by atoms with Crippen LogP contribution >= 0.6 is 0 Å². The molecule has 0 N–H and O–H groups in total. The van der Waals surface area contributed by atoms with Gasteiger partial charge < -0.3 is 18.2 Å². The van der Waals surface area contributed by atoms with E-state index in [9.17, 15) is 51.9 Å². The van der Waals surface area contributed by atoms with Crippen molar-refractivity contribution < 1.29 is 73.6 Å². The van der Waals surface area contributed by atoms with Crippen LogP contribution in [0.1, 0.15) is 138 Å². The van der Waals surface area contributed by atoms with E-state index in [4.69, 9.17) is 0 Å². The van der Waals surface area contributed by atoms with Crippen LogP contribution < -0.4 is 0 Å². The van der Waals surface area contributed by atoms with Crippen LogP contribution in [0.25, 0.3) is 0 Å². The van der Waals surface area contributed by atoms with Crippen molar-refractivity contribution in [2.75, 3.05) is 23.0 Å². The third-order valence-corrected chi connectivity index (χ3v) is 19.0. The molecule has 0 atom stereocenters. The van der Waals surface area contributed by atoms with Gasteiger partial charge in [0.15, 0.2) is 0 Å². The Bertz CT molecular complexity index is 2070. The molecule has 0 saturated heterocycles. The first-order chi connectivity index (χ1) is 26.4. The van der Waals surface area contributed by atoms with Gasteiger partial charge in [0, 0.05) is 21.7 Å². The van der Waals surface area contributed by atoms with Gasteiger partial charge in [0.1, 0.15) is 0 Å². The first-order valence-electron chi connectivity index (χ1n) is 19.6. The van der Waals surface area contributed by atoms with Gasteiger partial charge in [0.25, 0.3) is 0 Å². The fourth-order valence-electron chi connectivity index (χ4n) is 8.97. The molecule has 61 heavy (non-hydrogen) atoms. The first kappa shape index (κ1) is 59.3. The Kier molecular flexibility index (Phi) is 19.2. The molecule has 0 heterocycles. The van der Waals surface area contributed by atoms with Crippen molar-refractivity contribution in [1.82, 2.24) is 0 Å². The molecule has 0 amide bonds. The van der Waals surface area contributed by atoms with Gasteiger partial charge in [0.2, 0.25) is 0 Å². The Morgan fingerprint density at radius 3 is 0.426 bits per heavy atom. The maximum atomic E-state index is 10.9. The van der Waals surface area contributed by atoms with Gasteiger partial charge >= 0.3 is 21.7 Å². The summed E-state index contributed by atoms with van der Waals surface area (Å²) in [5.74, 6) is -1.36. The molecule has 4 aliphatic carbocycles. The summed E-state index contributed by atoms with van der Waals surface area (Å²) >= 11 is 0. The van der Waals surface area contributed by atoms with E-state index in [0.29, 0.717) is 0 Å². The maximum absolute atomic E-state index is 10.9. The normalized spacial score (nSPS) is 21.1. The van der Waals surface area contributed by atoms with Gasteiger partial charge in [-0.25, -0.2) is 33.7 Å². The van der Waals surface area contributed by atoms with E-state index in [0.717, 1.165) is 89.2 Å². The molecular formula is C44H68O12S4Ti. The molecule has 0 aromatic carbocycles. The van der Waals surface area contributed by atoms with Crippen LogP contribution in [0.3, 0.4) is 0 Å². The minimum absolute atomic E-state index is 0. The zero-order chi connectivity index (χ0) is 48.1. The molecule has 0 bridgehead atoms. The average Bonchev–Trinajstić information content (AvgIpc) is 3.44. The van der Waals surface area contributed by atoms with Crippen LogP contribution in [0.5, 0.6) is 0 Å². The largest absolute Gasteiger partial charge is 4.00 e. The van der Waals surface area contributed by atoms with Gasteiger partial charge in [-0.15, -0.1) is 0 Å². The zero-order valence-electron chi connectivity index (χ0n) is 39.9. The Morgan fingerprint density at radius 1 is 0.279 bits per heavy atom. The van der Waals surface area contributed by atoms with Crippen LogP contribution in [0.15, 0.2) is 89.2 Å². The minimum Gasteiger partial charge on any atom is -0.748 e. The Balaban J connectivity index is 0.000000783. The van der Waals surface area contributed by atoms with Crippen LogP contribution in [0.2, 0.25) is 0 Å². The third-order valence-electron chi connectivity index (χ3n) is 15.2. The number of hydrogen-bond acceptors (Lipinski definition) is 12. The molecule has 4 rings (SSSR count). The van der Waals surface area contributed by atoms with Gasteiger partial charge in [-0.2, -0.15) is 0 Å². The average molecular weight is 965 g/mol. The summed E-state index contributed by atoms with van der Waals surface area (Å²) in [5.41, 5.74) is 14.4. The van der Waals surface area contributed by atoms with Crippen LogP contribution in [-0.2, 0) is 62.2 Å². The van der Waals surface area contributed by atoms with Crippen molar-refractivity contribution in [3.05, 3.63) is 89.2 Å². The Hall–Kier alpha value is -1.73. The van der Waals surface area contributed by atoms with Crippen LogP contribution in [-0.4, -0.2) is 74.9 Å². The van der Waals surface area contributed by atoms with Gasteiger partial charge in [-0.05, 0) is 155 Å². The molecule has 344 valence electrons. The van der Waals surface area contributed by atoms with Crippen molar-refractivity contribution in [2.45, 2.75) is 138 Å². The summed E-state index contributed by atoms with van der Waals surface area (Å²) in [7, 11) is -16.8. The van der Waals surface area contributed by atoms with Crippen molar-refractivity contribution in [2.24, 2.45) is 21.7 Å². The molecule has 0 aromatic heterocycles. The van der Waals surface area contributed by atoms with E-state index in [1.54, 1.807) is 0 Å². The predicted octanol–water partition coefficient (Wildman–Crippen LogP) is 8.89. The Morgan fingerprint density at radius 2 is 0.361 bits per heavy atom. The first-order valence-corrected chi connectivity index (χ1v) is 25.9. The number of allylic oxidation sites excluding steroid dienone is 16. The van der Waals surface area contributed by atoms with Gasteiger partial charge in [0.05, 0.1) is 63.5 Å². The SMILES string of the molecule is CC1=C(C)C(C)(CS(=O)(=O)[O-])C(C)=C1C.CC1=C(C)C(C)(CS(=O)(=O)[O-])C(C)=C1C.CC1=C(C)C(C)(CS(=O)(=O)[O-])C(C)=C1C.CC1=C(C)C(C)(CS(=O)(=O)[O-])C(C)=C1C.[Ti+4]. The van der Waals surface area contributed by atoms with Crippen LogP contribution in [0.4, 0.5) is 0 Å². The molecule has 0 aromatic rings. The van der Waals surface area contributed by atoms with E-state index in [1.807, 2.05) is 138 Å². The number of rotatable bonds is 8. The van der Waals surface area contributed by atoms with E-state index in [1.165, 1.54) is 0 Å². The van der Waals surface area contributed by atoms with Crippen molar-refractivity contribution in [3.63, 3.8) is 0 Å². The van der Waals surface area contributed by atoms with Crippen LogP contribution in [0, 0.1) is 21.7 Å². The molecule has 0 aliphatic heterocycles. The van der Waals surface area contributed by atoms with Crippen molar-refractivity contribution in [3.8, 4) is 0 Å². The third kappa shape index (κ3) is 13.2. The molecule has 4 aliphatic rings.